The Labute approximate surface area is 162 Å². The van der Waals surface area contributed by atoms with E-state index < -0.39 is 29.7 Å². The van der Waals surface area contributed by atoms with Gasteiger partial charge in [-0.15, -0.1) is 0 Å². The van der Waals surface area contributed by atoms with Gasteiger partial charge in [0.15, 0.2) is 0 Å². The molecule has 0 unspecified atom stereocenters. The first kappa shape index (κ1) is 21.4. The van der Waals surface area contributed by atoms with Crippen LogP contribution in [0.2, 0.25) is 5.02 Å². The van der Waals surface area contributed by atoms with Gasteiger partial charge in [0, 0.05) is 11.5 Å². The molecule has 1 aromatic carbocycles. The molecule has 0 radical (unpaired) electrons. The average Bonchev–Trinajstić information content (AvgIpc) is 3.15. The highest BCUT2D eigenvalue weighted by atomic mass is 35.5. The van der Waals surface area contributed by atoms with Gasteiger partial charge in [0.25, 0.3) is 0 Å². The van der Waals surface area contributed by atoms with Crippen LogP contribution >= 0.6 is 11.6 Å². The van der Waals surface area contributed by atoms with Crippen molar-refractivity contribution in [3.63, 3.8) is 0 Å². The highest BCUT2D eigenvalue weighted by molar-refractivity contribution is 6.30. The van der Waals surface area contributed by atoms with E-state index in [9.17, 15) is 18.4 Å². The maximum atomic E-state index is 14.6. The van der Waals surface area contributed by atoms with Gasteiger partial charge in [0.05, 0.1) is 17.7 Å². The van der Waals surface area contributed by atoms with E-state index in [0.717, 1.165) is 31.7 Å². The normalized spacial score (nSPS) is 16.7. The zero-order valence-corrected chi connectivity index (χ0v) is 16.0. The summed E-state index contributed by atoms with van der Waals surface area (Å²) in [4.78, 5) is 23.2. The van der Waals surface area contributed by atoms with Crippen molar-refractivity contribution in [2.45, 2.75) is 51.5 Å². The van der Waals surface area contributed by atoms with Crippen molar-refractivity contribution in [2.75, 3.05) is 6.61 Å². The maximum Gasteiger partial charge on any atom is 0.404 e. The summed E-state index contributed by atoms with van der Waals surface area (Å²) in [5.41, 5.74) is 4.71. The molecule has 3 N–H and O–H groups in total. The average molecular weight is 403 g/mol. The van der Waals surface area contributed by atoms with E-state index in [0.29, 0.717) is 12.8 Å². The van der Waals surface area contributed by atoms with Crippen LogP contribution in [0.15, 0.2) is 12.1 Å². The zero-order chi connectivity index (χ0) is 20.0. The lowest BCUT2D eigenvalue weighted by Gasteiger charge is -2.27. The molecule has 1 fully saturated rings. The number of ether oxygens (including phenoxy) is 1. The quantitative estimate of drug-likeness (QED) is 0.497. The number of carbonyl (C=O) groups excluding carboxylic acids is 2. The van der Waals surface area contributed by atoms with E-state index in [1.54, 1.807) is 6.92 Å². The molecule has 0 aliphatic heterocycles. The summed E-state index contributed by atoms with van der Waals surface area (Å²) in [7, 11) is 0. The third kappa shape index (κ3) is 5.79. The van der Waals surface area contributed by atoms with Gasteiger partial charge in [-0.25, -0.2) is 13.6 Å². The smallest absolute Gasteiger partial charge is 0.404 e. The van der Waals surface area contributed by atoms with Crippen LogP contribution in [0.1, 0.15) is 57.1 Å². The molecule has 27 heavy (non-hydrogen) atoms. The molecule has 1 aliphatic carbocycles. The summed E-state index contributed by atoms with van der Waals surface area (Å²) in [6.45, 7) is 1.84. The number of nitrogens with one attached hydrogen (secondary N) is 1. The number of primary amides is 1. The van der Waals surface area contributed by atoms with Crippen molar-refractivity contribution in [1.82, 2.24) is 5.32 Å². The van der Waals surface area contributed by atoms with E-state index >= 15 is 0 Å². The lowest BCUT2D eigenvalue weighted by Crippen LogP contribution is -2.37. The molecule has 8 heteroatoms. The minimum atomic E-state index is -0.861. The zero-order valence-electron chi connectivity index (χ0n) is 15.3. The lowest BCUT2D eigenvalue weighted by molar-refractivity contribution is -0.126. The SMILES string of the molecule is C[C@@H](CCCOC(N)=O)C(=O)N[C@H](c1c(F)ccc(Cl)c1F)C1CCCC1. The summed E-state index contributed by atoms with van der Waals surface area (Å²) in [5.74, 6) is -2.28. The standard InChI is InChI=1S/C19H25ClF2N2O3/c1-11(5-4-10-27-19(23)26)18(25)24-17(12-6-2-3-7-12)15-14(21)9-8-13(20)16(15)22/h8-9,11-12,17H,2-7,10H2,1H3,(H2,23,26)(H,24,25)/t11-,17-/m0/s1. The molecule has 1 saturated carbocycles. The minimum absolute atomic E-state index is 0.0400. The summed E-state index contributed by atoms with van der Waals surface area (Å²) in [6.07, 6.45) is 3.55. The first-order valence-electron chi connectivity index (χ1n) is 9.17. The number of rotatable bonds is 8. The molecule has 0 aromatic heterocycles. The Morgan fingerprint density at radius 1 is 1.33 bits per heavy atom. The van der Waals surface area contributed by atoms with Gasteiger partial charge in [0.1, 0.15) is 11.6 Å². The lowest BCUT2D eigenvalue weighted by atomic mass is 9.90. The Balaban J connectivity index is 2.10. The number of hydrogen-bond acceptors (Lipinski definition) is 3. The molecule has 0 saturated heterocycles. The van der Waals surface area contributed by atoms with Crippen molar-refractivity contribution < 1.29 is 23.1 Å². The molecule has 0 spiro atoms. The van der Waals surface area contributed by atoms with Gasteiger partial charge in [-0.05, 0) is 43.7 Å². The largest absolute Gasteiger partial charge is 0.450 e. The van der Waals surface area contributed by atoms with Crippen molar-refractivity contribution in [3.05, 3.63) is 34.4 Å². The second-order valence-electron chi connectivity index (χ2n) is 7.00. The Morgan fingerprint density at radius 3 is 2.63 bits per heavy atom. The summed E-state index contributed by atoms with van der Waals surface area (Å²) in [6, 6.07) is 1.53. The first-order valence-corrected chi connectivity index (χ1v) is 9.55. The topological polar surface area (TPSA) is 81.4 Å². The van der Waals surface area contributed by atoms with E-state index in [-0.39, 0.29) is 29.0 Å². The molecular weight excluding hydrogens is 378 g/mol. The fourth-order valence-corrected chi connectivity index (χ4v) is 3.70. The molecule has 1 aromatic rings. The van der Waals surface area contributed by atoms with Crippen molar-refractivity contribution in [3.8, 4) is 0 Å². The summed E-state index contributed by atoms with van der Waals surface area (Å²) < 4.78 is 33.6. The molecule has 2 amide bonds. The van der Waals surface area contributed by atoms with E-state index in [2.05, 4.69) is 10.1 Å². The van der Waals surface area contributed by atoms with E-state index in [1.807, 2.05) is 0 Å². The molecule has 0 heterocycles. The number of halogens is 3. The Morgan fingerprint density at radius 2 is 2.00 bits per heavy atom. The Kier molecular flexibility index (Phi) is 7.83. The predicted octanol–water partition coefficient (Wildman–Crippen LogP) is 4.48. The number of carbonyl (C=O) groups is 2. The summed E-state index contributed by atoms with van der Waals surface area (Å²) in [5, 5.41) is 2.66. The van der Waals surface area contributed by atoms with Crippen LogP contribution in [0.4, 0.5) is 13.6 Å². The van der Waals surface area contributed by atoms with Gasteiger partial charge >= 0.3 is 6.09 Å². The third-order valence-electron chi connectivity index (χ3n) is 5.03. The van der Waals surface area contributed by atoms with Crippen molar-refractivity contribution in [2.24, 2.45) is 17.6 Å². The highest BCUT2D eigenvalue weighted by Crippen LogP contribution is 2.39. The highest BCUT2D eigenvalue weighted by Gasteiger charge is 2.33. The molecule has 0 bridgehead atoms. The number of nitrogens with two attached hydrogens (primary N) is 1. The van der Waals surface area contributed by atoms with Crippen LogP contribution in [0, 0.1) is 23.5 Å². The van der Waals surface area contributed by atoms with Crippen molar-refractivity contribution in [1.29, 1.82) is 0 Å². The molecule has 2 rings (SSSR count). The fourth-order valence-electron chi connectivity index (χ4n) is 3.53. The predicted molar refractivity (Wildman–Crippen MR) is 98.1 cm³/mol. The first-order chi connectivity index (χ1) is 12.8. The third-order valence-corrected chi connectivity index (χ3v) is 5.32. The fraction of sp³-hybridized carbons (Fsp3) is 0.579. The maximum absolute atomic E-state index is 14.6. The Hall–Kier alpha value is -1.89. The van der Waals surface area contributed by atoms with Crippen molar-refractivity contribution >= 4 is 23.6 Å². The van der Waals surface area contributed by atoms with Gasteiger partial charge in [0.2, 0.25) is 5.91 Å². The second-order valence-corrected chi connectivity index (χ2v) is 7.41. The number of benzene rings is 1. The Bertz CT molecular complexity index is 681. The molecule has 5 nitrogen and oxygen atoms in total. The van der Waals surface area contributed by atoms with Crippen LogP contribution < -0.4 is 11.1 Å². The van der Waals surface area contributed by atoms with Gasteiger partial charge < -0.3 is 15.8 Å². The molecular formula is C19H25ClF2N2O3. The monoisotopic (exact) mass is 402 g/mol. The van der Waals surface area contributed by atoms with E-state index in [4.69, 9.17) is 17.3 Å². The summed E-state index contributed by atoms with van der Waals surface area (Å²) >= 11 is 5.84. The van der Waals surface area contributed by atoms with Gasteiger partial charge in [-0.1, -0.05) is 31.4 Å². The van der Waals surface area contributed by atoms with Gasteiger partial charge in [-0.3, -0.25) is 4.79 Å². The number of amides is 2. The van der Waals surface area contributed by atoms with Crippen LogP contribution in [-0.2, 0) is 9.53 Å². The molecule has 150 valence electrons. The minimum Gasteiger partial charge on any atom is -0.450 e. The van der Waals surface area contributed by atoms with Crippen LogP contribution in [0.5, 0.6) is 0 Å². The second kappa shape index (κ2) is 9.88. The molecule has 1 aliphatic rings. The van der Waals surface area contributed by atoms with Crippen LogP contribution in [0.25, 0.3) is 0 Å². The van der Waals surface area contributed by atoms with E-state index in [1.165, 1.54) is 6.07 Å². The molecule has 2 atom stereocenters. The van der Waals surface area contributed by atoms with Crippen LogP contribution in [-0.4, -0.2) is 18.6 Å². The number of hydrogen-bond donors (Lipinski definition) is 2. The van der Waals surface area contributed by atoms with Crippen LogP contribution in [0.3, 0.4) is 0 Å². The van der Waals surface area contributed by atoms with Gasteiger partial charge in [-0.2, -0.15) is 0 Å².